The zero-order chi connectivity index (χ0) is 18.9. The summed E-state index contributed by atoms with van der Waals surface area (Å²) < 4.78 is 1.21. The summed E-state index contributed by atoms with van der Waals surface area (Å²) in [5, 5.41) is 5.49. The molecule has 0 unspecified atom stereocenters. The van der Waals surface area contributed by atoms with Crippen LogP contribution in [0.25, 0.3) is 10.2 Å². The van der Waals surface area contributed by atoms with Gasteiger partial charge in [-0.3, -0.25) is 4.79 Å². The highest BCUT2D eigenvalue weighted by atomic mass is 32.2. The molecule has 5 rings (SSSR count). The van der Waals surface area contributed by atoms with Crippen LogP contribution in [-0.4, -0.2) is 39.3 Å². The smallest absolute Gasteiger partial charge is 0.219 e. The zero-order valence-corrected chi connectivity index (χ0v) is 16.9. The fourth-order valence-electron chi connectivity index (χ4n) is 3.65. The lowest BCUT2D eigenvalue weighted by atomic mass is 10.1. The Hall–Kier alpha value is -2.38. The average Bonchev–Trinajstić information content (AvgIpc) is 3.41. The second-order valence-electron chi connectivity index (χ2n) is 7.00. The van der Waals surface area contributed by atoms with Crippen molar-refractivity contribution in [3.8, 4) is 0 Å². The number of para-hydroxylation sites is 1. The predicted molar refractivity (Wildman–Crippen MR) is 118 cm³/mol. The monoisotopic (exact) mass is 408 g/mol. The summed E-state index contributed by atoms with van der Waals surface area (Å²) in [4.78, 5) is 23.5. The molecule has 2 aliphatic rings. The van der Waals surface area contributed by atoms with Gasteiger partial charge < -0.3 is 10.2 Å². The normalized spacial score (nSPS) is 20.3. The number of nitrogens with one attached hydrogen (secondary N) is 1. The molecule has 5 nitrogen and oxygen atoms in total. The van der Waals surface area contributed by atoms with Gasteiger partial charge in [0.1, 0.15) is 6.04 Å². The van der Waals surface area contributed by atoms with E-state index >= 15 is 0 Å². The third-order valence-corrected chi connectivity index (χ3v) is 7.08. The van der Waals surface area contributed by atoms with E-state index in [1.165, 1.54) is 22.0 Å². The number of fused-ring (bicyclic) bond motifs is 2. The van der Waals surface area contributed by atoms with E-state index in [0.717, 1.165) is 53.9 Å². The third-order valence-electron chi connectivity index (χ3n) is 5.11. The molecule has 2 aromatic carbocycles. The van der Waals surface area contributed by atoms with Crippen molar-refractivity contribution in [2.75, 3.05) is 18.4 Å². The van der Waals surface area contributed by atoms with Crippen molar-refractivity contribution in [2.24, 2.45) is 4.99 Å². The van der Waals surface area contributed by atoms with Crippen LogP contribution in [0.3, 0.4) is 0 Å². The van der Waals surface area contributed by atoms with Crippen LogP contribution in [0.5, 0.6) is 0 Å². The van der Waals surface area contributed by atoms with Crippen molar-refractivity contribution in [2.45, 2.75) is 25.3 Å². The molecule has 3 aromatic rings. The number of amidine groups is 1. The maximum absolute atomic E-state index is 12.0. The van der Waals surface area contributed by atoms with Gasteiger partial charge in [-0.1, -0.05) is 35.6 Å². The Labute approximate surface area is 171 Å². The van der Waals surface area contributed by atoms with E-state index in [-0.39, 0.29) is 11.2 Å². The number of thioether (sulfide) groups is 1. The molecule has 0 spiro atoms. The Morgan fingerprint density at radius 2 is 2.04 bits per heavy atom. The molecule has 0 aliphatic carbocycles. The molecule has 28 heavy (non-hydrogen) atoms. The molecule has 7 heteroatoms. The highest BCUT2D eigenvalue weighted by Crippen LogP contribution is 2.34. The number of hydrogen-bond acceptors (Lipinski definition) is 6. The fraction of sp³-hybridized carbons (Fsp3) is 0.286. The molecule has 2 saturated heterocycles. The van der Waals surface area contributed by atoms with Crippen molar-refractivity contribution < 1.29 is 4.79 Å². The molecule has 0 amide bonds. The summed E-state index contributed by atoms with van der Waals surface area (Å²) in [5.74, 6) is 0. The van der Waals surface area contributed by atoms with Gasteiger partial charge in [0.2, 0.25) is 5.12 Å². The van der Waals surface area contributed by atoms with Crippen LogP contribution in [0.1, 0.15) is 18.4 Å². The zero-order valence-electron chi connectivity index (χ0n) is 15.3. The molecule has 0 bridgehead atoms. The molecule has 1 aromatic heterocycles. The van der Waals surface area contributed by atoms with Crippen LogP contribution < -0.4 is 5.32 Å². The van der Waals surface area contributed by atoms with E-state index in [2.05, 4.69) is 33.4 Å². The van der Waals surface area contributed by atoms with Crippen molar-refractivity contribution in [1.29, 1.82) is 0 Å². The van der Waals surface area contributed by atoms with Crippen molar-refractivity contribution in [3.63, 3.8) is 0 Å². The maximum Gasteiger partial charge on any atom is 0.219 e. The first-order chi connectivity index (χ1) is 13.8. The number of benzene rings is 2. The Morgan fingerprint density at radius 3 is 2.89 bits per heavy atom. The topological polar surface area (TPSA) is 57.6 Å². The second-order valence-corrected chi connectivity index (χ2v) is 9.00. The summed E-state index contributed by atoms with van der Waals surface area (Å²) in [6, 6.07) is 16.5. The number of rotatable bonds is 5. The van der Waals surface area contributed by atoms with Crippen LogP contribution in [0.2, 0.25) is 0 Å². The second kappa shape index (κ2) is 7.56. The van der Waals surface area contributed by atoms with Gasteiger partial charge in [0.05, 0.1) is 15.9 Å². The molecule has 1 atom stereocenters. The molecular weight excluding hydrogens is 388 g/mol. The highest BCUT2D eigenvalue weighted by molar-refractivity contribution is 8.26. The first kappa shape index (κ1) is 17.7. The van der Waals surface area contributed by atoms with E-state index in [9.17, 15) is 4.79 Å². The quantitative estimate of drug-likeness (QED) is 0.664. The lowest BCUT2D eigenvalue weighted by molar-refractivity contribution is -0.113. The molecule has 142 valence electrons. The van der Waals surface area contributed by atoms with Gasteiger partial charge in [0, 0.05) is 13.1 Å². The van der Waals surface area contributed by atoms with E-state index in [4.69, 9.17) is 4.99 Å². The lowest BCUT2D eigenvalue weighted by Gasteiger charge is -2.14. The fourth-order valence-corrected chi connectivity index (χ4v) is 5.59. The molecule has 0 radical (unpaired) electrons. The minimum Gasteiger partial charge on any atom is -0.361 e. The molecule has 2 aliphatic heterocycles. The van der Waals surface area contributed by atoms with Gasteiger partial charge in [-0.25, -0.2) is 9.98 Å². The number of aromatic nitrogens is 1. The van der Waals surface area contributed by atoms with Crippen molar-refractivity contribution in [1.82, 2.24) is 9.88 Å². The van der Waals surface area contributed by atoms with E-state index < -0.39 is 0 Å². The van der Waals surface area contributed by atoms with Crippen LogP contribution in [0.4, 0.5) is 10.8 Å². The first-order valence-electron chi connectivity index (χ1n) is 9.52. The standard InChI is InChI=1S/C21H20N4OS2/c26-19-17-5-3-13-25(17)21(28-19)23-15-9-7-14(8-10-15)11-12-22-20-24-16-4-1-2-6-18(16)27-20/h1-2,4,6-10,17H,3,5,11-13H2,(H,22,24)/b23-21-/t17-/m0/s1. The number of anilines is 1. The van der Waals surface area contributed by atoms with Crippen LogP contribution >= 0.6 is 23.1 Å². The Bertz CT molecular complexity index is 1010. The van der Waals surface area contributed by atoms with Gasteiger partial charge in [-0.2, -0.15) is 0 Å². The number of carbonyl (C=O) groups is 1. The SMILES string of the molecule is O=C1S/C(=N\c2ccc(CCNc3nc4ccccc4s3)cc2)N2CCC[C@@H]12. The maximum atomic E-state index is 12.0. The average molecular weight is 409 g/mol. The minimum atomic E-state index is 0.0524. The van der Waals surface area contributed by atoms with E-state index in [1.54, 1.807) is 11.3 Å². The summed E-state index contributed by atoms with van der Waals surface area (Å²) in [6.07, 6.45) is 2.97. The lowest BCUT2D eigenvalue weighted by Crippen LogP contribution is -2.28. The first-order valence-corrected chi connectivity index (χ1v) is 11.1. The van der Waals surface area contributed by atoms with Gasteiger partial charge >= 0.3 is 0 Å². The largest absolute Gasteiger partial charge is 0.361 e. The Balaban J connectivity index is 1.20. The van der Waals surface area contributed by atoms with Gasteiger partial charge in [-0.05, 0) is 60.9 Å². The van der Waals surface area contributed by atoms with Crippen molar-refractivity contribution >= 4 is 54.4 Å². The van der Waals surface area contributed by atoms with Crippen molar-refractivity contribution in [3.05, 3.63) is 54.1 Å². The van der Waals surface area contributed by atoms with Gasteiger partial charge in [-0.15, -0.1) is 0 Å². The number of carbonyl (C=O) groups excluding carboxylic acids is 1. The summed E-state index contributed by atoms with van der Waals surface area (Å²) >= 11 is 2.98. The molecule has 0 saturated carbocycles. The molecular formula is C21H20N4OS2. The number of thiazole rings is 1. The molecule has 3 heterocycles. The Morgan fingerprint density at radius 1 is 1.18 bits per heavy atom. The Kier molecular flexibility index (Phi) is 4.78. The van der Waals surface area contributed by atoms with E-state index in [0.29, 0.717) is 0 Å². The number of nitrogens with zero attached hydrogens (tertiary/aromatic N) is 3. The van der Waals surface area contributed by atoms with Crippen LogP contribution in [0.15, 0.2) is 53.5 Å². The molecule has 2 fully saturated rings. The number of aliphatic imine (C=N–C) groups is 1. The number of hydrogen-bond donors (Lipinski definition) is 1. The minimum absolute atomic E-state index is 0.0524. The summed E-state index contributed by atoms with van der Waals surface area (Å²) in [5.41, 5.74) is 3.21. The molecule has 1 N–H and O–H groups in total. The summed E-state index contributed by atoms with van der Waals surface area (Å²) in [6.45, 7) is 1.78. The van der Waals surface area contributed by atoms with E-state index in [1.807, 2.05) is 30.3 Å². The predicted octanol–water partition coefficient (Wildman–Crippen LogP) is 4.68. The highest BCUT2D eigenvalue weighted by Gasteiger charge is 2.40. The van der Waals surface area contributed by atoms with Gasteiger partial charge in [0.25, 0.3) is 0 Å². The third kappa shape index (κ3) is 3.52. The van der Waals surface area contributed by atoms with Crippen LogP contribution in [0, 0.1) is 0 Å². The summed E-state index contributed by atoms with van der Waals surface area (Å²) in [7, 11) is 0. The van der Waals surface area contributed by atoms with Crippen LogP contribution in [-0.2, 0) is 11.2 Å². The van der Waals surface area contributed by atoms with Gasteiger partial charge in [0.15, 0.2) is 10.3 Å².